The van der Waals surface area contributed by atoms with Crippen molar-refractivity contribution in [3.05, 3.63) is 9.93 Å². The van der Waals surface area contributed by atoms with E-state index in [1.807, 2.05) is 0 Å². The third-order valence-corrected chi connectivity index (χ3v) is 4.12. The standard InChI is InChI=1S/C11H14F3NOS.O2/c12-11(13,14)5-6-17-10(7-15)8-1-3-9(16)4-2-8;1-2/h8,10H,1-6H2;. The summed E-state index contributed by atoms with van der Waals surface area (Å²) in [5, 5.41) is 8.52. The molecular weight excluding hydrogens is 283 g/mol. The quantitative estimate of drug-likeness (QED) is 0.795. The molecule has 1 rings (SSSR count). The molecule has 1 saturated carbocycles. The topological polar surface area (TPSA) is 75.0 Å². The van der Waals surface area contributed by atoms with E-state index in [0.717, 1.165) is 11.8 Å². The smallest absolute Gasteiger partial charge is 0.300 e. The number of halogens is 3. The fourth-order valence-corrected chi connectivity index (χ4v) is 3.07. The molecule has 0 spiro atoms. The zero-order valence-electron chi connectivity index (χ0n) is 10.1. The van der Waals surface area contributed by atoms with Crippen LogP contribution in [0.25, 0.3) is 0 Å². The molecule has 0 aliphatic heterocycles. The van der Waals surface area contributed by atoms with Crippen LogP contribution in [0.3, 0.4) is 0 Å². The number of rotatable bonds is 4. The van der Waals surface area contributed by atoms with Gasteiger partial charge in [0.25, 0.3) is 0 Å². The summed E-state index contributed by atoms with van der Waals surface area (Å²) in [6.07, 6.45) is -2.82. The Balaban J connectivity index is 0.00000154. The van der Waals surface area contributed by atoms with Gasteiger partial charge in [-0.2, -0.15) is 18.4 Å². The third-order valence-electron chi connectivity index (χ3n) is 2.83. The average Bonchev–Trinajstić information content (AvgIpc) is 2.37. The van der Waals surface area contributed by atoms with Gasteiger partial charge in [-0.05, 0) is 18.8 Å². The lowest BCUT2D eigenvalue weighted by Gasteiger charge is -2.24. The molecule has 0 heterocycles. The first kappa shape index (κ1) is 17.9. The number of Topliss-reactive ketones (excluding diaryl/α,β-unsaturated/α-hetero) is 1. The Morgan fingerprint density at radius 3 is 2.26 bits per heavy atom. The van der Waals surface area contributed by atoms with E-state index in [4.69, 9.17) is 15.2 Å². The van der Waals surface area contributed by atoms with Gasteiger partial charge in [0.1, 0.15) is 5.78 Å². The van der Waals surface area contributed by atoms with Crippen LogP contribution in [0.15, 0.2) is 0 Å². The molecule has 0 radical (unpaired) electrons. The molecule has 0 aromatic heterocycles. The van der Waals surface area contributed by atoms with Gasteiger partial charge in [0.15, 0.2) is 0 Å². The lowest BCUT2D eigenvalue weighted by molar-refractivity contribution is -0.129. The van der Waals surface area contributed by atoms with Gasteiger partial charge >= 0.3 is 6.18 Å². The molecule has 1 unspecified atom stereocenters. The second-order valence-corrected chi connectivity index (χ2v) is 5.41. The van der Waals surface area contributed by atoms with E-state index in [9.17, 15) is 18.0 Å². The van der Waals surface area contributed by atoms with Crippen molar-refractivity contribution in [3.8, 4) is 6.07 Å². The molecule has 1 atom stereocenters. The highest BCUT2D eigenvalue weighted by Gasteiger charge is 2.30. The summed E-state index contributed by atoms with van der Waals surface area (Å²) in [6.45, 7) is 0. The molecule has 0 aromatic rings. The summed E-state index contributed by atoms with van der Waals surface area (Å²) in [5.74, 6) is 0.181. The molecule has 8 heteroatoms. The van der Waals surface area contributed by atoms with E-state index in [1.165, 1.54) is 0 Å². The number of thioether (sulfide) groups is 1. The fraction of sp³-hybridized carbons (Fsp3) is 0.818. The van der Waals surface area contributed by atoms with Crippen LogP contribution >= 0.6 is 11.8 Å². The van der Waals surface area contributed by atoms with Crippen molar-refractivity contribution in [2.45, 2.75) is 43.5 Å². The zero-order chi connectivity index (χ0) is 14.9. The molecule has 1 aliphatic rings. The van der Waals surface area contributed by atoms with Crippen LogP contribution in [0.2, 0.25) is 0 Å². The number of nitriles is 1. The van der Waals surface area contributed by atoms with Crippen molar-refractivity contribution >= 4 is 17.5 Å². The zero-order valence-corrected chi connectivity index (χ0v) is 10.9. The highest BCUT2D eigenvalue weighted by Crippen LogP contribution is 2.33. The molecule has 1 fully saturated rings. The monoisotopic (exact) mass is 297 g/mol. The van der Waals surface area contributed by atoms with Gasteiger partial charge in [0.2, 0.25) is 0 Å². The van der Waals surface area contributed by atoms with Gasteiger partial charge in [0.05, 0.1) is 17.7 Å². The maximum Gasteiger partial charge on any atom is 0.389 e. The Hall–Kier alpha value is -1.10. The van der Waals surface area contributed by atoms with Crippen molar-refractivity contribution in [1.29, 1.82) is 5.26 Å². The summed E-state index contributed by atoms with van der Waals surface area (Å²) in [6, 6.07) is 2.06. The maximum absolute atomic E-state index is 12.0. The molecule has 19 heavy (non-hydrogen) atoms. The van der Waals surface area contributed by atoms with E-state index in [1.54, 1.807) is 0 Å². The minimum absolute atomic E-state index is 0.0657. The van der Waals surface area contributed by atoms with Crippen LogP contribution < -0.4 is 0 Å². The predicted octanol–water partition coefficient (Wildman–Crippen LogP) is 3.39. The van der Waals surface area contributed by atoms with E-state index in [0.29, 0.717) is 25.7 Å². The second kappa shape index (κ2) is 8.91. The summed E-state index contributed by atoms with van der Waals surface area (Å²) in [7, 11) is 0. The summed E-state index contributed by atoms with van der Waals surface area (Å²) >= 11 is 1.06. The van der Waals surface area contributed by atoms with Crippen LogP contribution in [0.1, 0.15) is 32.1 Å². The summed E-state index contributed by atoms with van der Waals surface area (Å²) < 4.78 is 35.9. The number of alkyl halides is 3. The third kappa shape index (κ3) is 7.82. The van der Waals surface area contributed by atoms with Gasteiger partial charge in [0, 0.05) is 28.5 Å². The molecule has 1 aliphatic carbocycles. The minimum Gasteiger partial charge on any atom is -0.300 e. The Labute approximate surface area is 112 Å². The molecule has 108 valence electrons. The van der Waals surface area contributed by atoms with Crippen LogP contribution in [0, 0.1) is 27.2 Å². The molecule has 0 amide bonds. The average molecular weight is 297 g/mol. The second-order valence-electron chi connectivity index (χ2n) is 4.16. The lowest BCUT2D eigenvalue weighted by atomic mass is 9.86. The number of carbonyl (C=O) groups is 1. The van der Waals surface area contributed by atoms with Gasteiger partial charge in [-0.15, -0.1) is 11.8 Å². The number of carbonyl (C=O) groups excluding carboxylic acids is 1. The molecule has 0 N–H and O–H groups in total. The Morgan fingerprint density at radius 1 is 1.32 bits per heavy atom. The Morgan fingerprint density at radius 2 is 1.84 bits per heavy atom. The number of ketones is 1. The van der Waals surface area contributed by atoms with E-state index >= 15 is 0 Å². The van der Waals surface area contributed by atoms with E-state index in [2.05, 4.69) is 6.07 Å². The Kier molecular flexibility index (Phi) is 8.39. The number of hydrogen-bond acceptors (Lipinski definition) is 5. The highest BCUT2D eigenvalue weighted by atomic mass is 32.2. The maximum atomic E-state index is 12.0. The van der Waals surface area contributed by atoms with Crippen LogP contribution in [-0.2, 0) is 4.79 Å². The van der Waals surface area contributed by atoms with Gasteiger partial charge in [-0.1, -0.05) is 0 Å². The molecule has 0 bridgehead atoms. The first-order valence-electron chi connectivity index (χ1n) is 5.68. The first-order chi connectivity index (χ1) is 8.92. The van der Waals surface area contributed by atoms with Crippen LogP contribution in [0.5, 0.6) is 0 Å². The lowest BCUT2D eigenvalue weighted by Crippen LogP contribution is -2.23. The normalized spacial score (nSPS) is 18.1. The largest absolute Gasteiger partial charge is 0.389 e. The minimum atomic E-state index is -4.16. The Bertz CT molecular complexity index is 320. The van der Waals surface area contributed by atoms with Gasteiger partial charge in [-0.25, -0.2) is 0 Å². The number of nitrogens with zero attached hydrogens (tertiary/aromatic N) is 1. The van der Waals surface area contributed by atoms with Crippen molar-refractivity contribution in [2.24, 2.45) is 5.92 Å². The van der Waals surface area contributed by atoms with Gasteiger partial charge in [-0.3, -0.25) is 4.79 Å². The first-order valence-corrected chi connectivity index (χ1v) is 6.73. The molecule has 0 saturated heterocycles. The van der Waals surface area contributed by atoms with E-state index < -0.39 is 17.8 Å². The molecule has 0 aromatic carbocycles. The van der Waals surface area contributed by atoms with Crippen molar-refractivity contribution in [1.82, 2.24) is 0 Å². The van der Waals surface area contributed by atoms with Crippen molar-refractivity contribution < 1.29 is 18.0 Å². The molecular formula is C11H14F3NO3S. The van der Waals surface area contributed by atoms with Crippen molar-refractivity contribution in [3.63, 3.8) is 0 Å². The highest BCUT2D eigenvalue weighted by molar-refractivity contribution is 8.00. The summed E-state index contributed by atoms with van der Waals surface area (Å²) in [5.41, 5.74) is 0. The summed E-state index contributed by atoms with van der Waals surface area (Å²) in [4.78, 5) is 25.0. The predicted molar refractivity (Wildman–Crippen MR) is 66.2 cm³/mol. The SMILES string of the molecule is N#CC(SCCC(F)(F)F)C1CCC(=O)CC1.O=O. The van der Waals surface area contributed by atoms with Gasteiger partial charge < -0.3 is 0 Å². The van der Waals surface area contributed by atoms with Crippen molar-refractivity contribution in [2.75, 3.05) is 5.75 Å². The fourth-order valence-electron chi connectivity index (χ4n) is 1.85. The molecule has 4 nitrogen and oxygen atoms in total. The van der Waals surface area contributed by atoms with Crippen LogP contribution in [0.4, 0.5) is 13.2 Å². The van der Waals surface area contributed by atoms with E-state index in [-0.39, 0.29) is 17.5 Å². The number of hydrogen-bond donors (Lipinski definition) is 0. The van der Waals surface area contributed by atoms with Crippen LogP contribution in [-0.4, -0.2) is 23.0 Å².